The van der Waals surface area contributed by atoms with Crippen LogP contribution in [0.5, 0.6) is 0 Å². The van der Waals surface area contributed by atoms with Crippen molar-refractivity contribution in [3.63, 3.8) is 0 Å². The summed E-state index contributed by atoms with van der Waals surface area (Å²) in [6, 6.07) is 15.6. The summed E-state index contributed by atoms with van der Waals surface area (Å²) in [6.45, 7) is 0. The molecule has 118 valence electrons. The maximum atomic E-state index is 12.7. The number of nitrogens with two attached hydrogens (primary N) is 1. The Labute approximate surface area is 155 Å². The summed E-state index contributed by atoms with van der Waals surface area (Å²) in [5, 5.41) is 6.37. The standard InChI is InChI=1S/C17H11IN4OS/c18-11-5-3-4-10(8-11)15-12(9-19)16(23)22(21-15)17-20-13-6-1-2-7-14(13)24-17/h1-9H,19H2. The Morgan fingerprint density at radius 2 is 2.00 bits per heavy atom. The Balaban J connectivity index is 1.83. The maximum absolute atomic E-state index is 12.7. The molecule has 1 amide bonds. The zero-order chi connectivity index (χ0) is 16.7. The lowest BCUT2D eigenvalue weighted by atomic mass is 10.0. The molecule has 7 heteroatoms. The van der Waals surface area contributed by atoms with Crippen molar-refractivity contribution in [3.8, 4) is 0 Å². The molecule has 0 saturated carbocycles. The van der Waals surface area contributed by atoms with Gasteiger partial charge in [-0.25, -0.2) is 4.98 Å². The van der Waals surface area contributed by atoms with Crippen molar-refractivity contribution in [1.29, 1.82) is 0 Å². The molecule has 0 radical (unpaired) electrons. The number of hydrogen-bond donors (Lipinski definition) is 1. The first-order valence-corrected chi connectivity index (χ1v) is 9.04. The molecule has 3 aromatic rings. The van der Waals surface area contributed by atoms with Crippen molar-refractivity contribution in [2.75, 3.05) is 5.01 Å². The zero-order valence-corrected chi connectivity index (χ0v) is 15.3. The molecular weight excluding hydrogens is 435 g/mol. The Morgan fingerprint density at radius 3 is 2.75 bits per heavy atom. The minimum absolute atomic E-state index is 0.259. The molecule has 2 aromatic carbocycles. The minimum Gasteiger partial charge on any atom is -0.404 e. The van der Waals surface area contributed by atoms with Gasteiger partial charge in [0.05, 0.1) is 15.8 Å². The highest BCUT2D eigenvalue weighted by Crippen LogP contribution is 2.33. The third-order valence-corrected chi connectivity index (χ3v) is 5.29. The fourth-order valence-electron chi connectivity index (χ4n) is 2.49. The SMILES string of the molecule is NC=C1C(=O)N(c2nc3ccccc3s2)N=C1c1cccc(I)c1. The van der Waals surface area contributed by atoms with Gasteiger partial charge in [0.1, 0.15) is 5.71 Å². The first-order valence-electron chi connectivity index (χ1n) is 7.14. The fourth-order valence-corrected chi connectivity index (χ4v) is 3.95. The predicted molar refractivity (Wildman–Crippen MR) is 105 cm³/mol. The lowest BCUT2D eigenvalue weighted by Crippen LogP contribution is -2.21. The van der Waals surface area contributed by atoms with E-state index in [9.17, 15) is 4.79 Å². The smallest absolute Gasteiger partial charge is 0.284 e. The van der Waals surface area contributed by atoms with Gasteiger partial charge in [-0.05, 0) is 46.9 Å². The van der Waals surface area contributed by atoms with Crippen molar-refractivity contribution >= 4 is 60.9 Å². The maximum Gasteiger partial charge on any atom is 0.284 e. The van der Waals surface area contributed by atoms with E-state index in [2.05, 4.69) is 32.7 Å². The summed E-state index contributed by atoms with van der Waals surface area (Å²) < 4.78 is 2.08. The molecule has 1 aliphatic rings. The van der Waals surface area contributed by atoms with Gasteiger partial charge in [0, 0.05) is 15.3 Å². The van der Waals surface area contributed by atoms with Crippen LogP contribution in [0.25, 0.3) is 10.2 Å². The summed E-state index contributed by atoms with van der Waals surface area (Å²) in [7, 11) is 0. The van der Waals surface area contributed by atoms with Gasteiger partial charge in [-0.1, -0.05) is 35.6 Å². The van der Waals surface area contributed by atoms with E-state index in [0.717, 1.165) is 19.4 Å². The number of para-hydroxylation sites is 1. The van der Waals surface area contributed by atoms with Crippen molar-refractivity contribution < 1.29 is 4.79 Å². The van der Waals surface area contributed by atoms with Gasteiger partial charge in [-0.15, -0.1) is 0 Å². The summed E-state index contributed by atoms with van der Waals surface area (Å²) >= 11 is 3.66. The molecule has 0 aliphatic carbocycles. The van der Waals surface area contributed by atoms with Gasteiger partial charge in [0.15, 0.2) is 0 Å². The van der Waals surface area contributed by atoms with E-state index >= 15 is 0 Å². The highest BCUT2D eigenvalue weighted by molar-refractivity contribution is 14.1. The van der Waals surface area contributed by atoms with E-state index in [0.29, 0.717) is 16.4 Å². The van der Waals surface area contributed by atoms with Crippen LogP contribution in [0.15, 0.2) is 65.4 Å². The first-order chi connectivity index (χ1) is 11.7. The van der Waals surface area contributed by atoms with Gasteiger partial charge >= 0.3 is 0 Å². The average molecular weight is 446 g/mol. The number of aromatic nitrogens is 1. The first kappa shape index (κ1) is 15.3. The van der Waals surface area contributed by atoms with Gasteiger partial charge in [0.25, 0.3) is 5.91 Å². The van der Waals surface area contributed by atoms with E-state index in [1.54, 1.807) is 0 Å². The van der Waals surface area contributed by atoms with Crippen molar-refractivity contribution in [1.82, 2.24) is 4.98 Å². The topological polar surface area (TPSA) is 71.6 Å². The van der Waals surface area contributed by atoms with Gasteiger partial charge in [0.2, 0.25) is 5.13 Å². The molecule has 24 heavy (non-hydrogen) atoms. The third kappa shape index (κ3) is 2.49. The molecule has 0 atom stereocenters. The summed E-state index contributed by atoms with van der Waals surface area (Å²) in [6.07, 6.45) is 1.31. The van der Waals surface area contributed by atoms with Crippen LogP contribution in [-0.4, -0.2) is 16.6 Å². The van der Waals surface area contributed by atoms with E-state index in [1.807, 2.05) is 48.5 Å². The van der Waals surface area contributed by atoms with Crippen LogP contribution in [0, 0.1) is 3.57 Å². The Morgan fingerprint density at radius 1 is 1.17 bits per heavy atom. The molecule has 0 saturated heterocycles. The molecule has 0 unspecified atom stereocenters. The van der Waals surface area contributed by atoms with Crippen molar-refractivity contribution in [2.45, 2.75) is 0 Å². The molecule has 0 fully saturated rings. The molecule has 2 heterocycles. The molecule has 4 rings (SSSR count). The summed E-state index contributed by atoms with van der Waals surface area (Å²) in [4.78, 5) is 17.2. The normalized spacial score (nSPS) is 16.2. The third-order valence-electron chi connectivity index (χ3n) is 3.61. The van der Waals surface area contributed by atoms with E-state index in [4.69, 9.17) is 5.73 Å². The van der Waals surface area contributed by atoms with Gasteiger partial charge in [-0.2, -0.15) is 10.1 Å². The number of hydrazone groups is 1. The van der Waals surface area contributed by atoms with Gasteiger partial charge in [-0.3, -0.25) is 4.79 Å². The number of carbonyl (C=O) groups excluding carboxylic acids is 1. The fraction of sp³-hybridized carbons (Fsp3) is 0. The number of anilines is 1. The molecule has 0 bridgehead atoms. The average Bonchev–Trinajstić information content (AvgIpc) is 3.15. The quantitative estimate of drug-likeness (QED) is 0.484. The molecule has 0 spiro atoms. The highest BCUT2D eigenvalue weighted by Gasteiger charge is 2.33. The van der Waals surface area contributed by atoms with Gasteiger partial charge < -0.3 is 5.73 Å². The summed E-state index contributed by atoms with van der Waals surface area (Å²) in [5.41, 5.74) is 8.36. The largest absolute Gasteiger partial charge is 0.404 e. The van der Waals surface area contributed by atoms with Crippen LogP contribution < -0.4 is 10.7 Å². The number of halogens is 1. The lowest BCUT2D eigenvalue weighted by molar-refractivity contribution is -0.114. The van der Waals surface area contributed by atoms with Crippen LogP contribution in [0.3, 0.4) is 0 Å². The second-order valence-electron chi connectivity index (χ2n) is 5.12. The van der Waals surface area contributed by atoms with Crippen LogP contribution in [-0.2, 0) is 4.79 Å². The number of benzene rings is 2. The minimum atomic E-state index is -0.259. The lowest BCUT2D eigenvalue weighted by Gasteiger charge is -2.05. The monoisotopic (exact) mass is 446 g/mol. The predicted octanol–water partition coefficient (Wildman–Crippen LogP) is 3.49. The van der Waals surface area contributed by atoms with Crippen LogP contribution in [0.1, 0.15) is 5.56 Å². The molecule has 5 nitrogen and oxygen atoms in total. The number of hydrogen-bond acceptors (Lipinski definition) is 5. The Bertz CT molecular complexity index is 991. The molecule has 1 aromatic heterocycles. The number of amides is 1. The number of carbonyl (C=O) groups is 1. The zero-order valence-electron chi connectivity index (χ0n) is 12.3. The number of thiazole rings is 1. The second-order valence-corrected chi connectivity index (χ2v) is 7.38. The number of fused-ring (bicyclic) bond motifs is 1. The van der Waals surface area contributed by atoms with Crippen LogP contribution >= 0.6 is 33.9 Å². The van der Waals surface area contributed by atoms with Crippen LogP contribution in [0.2, 0.25) is 0 Å². The van der Waals surface area contributed by atoms with Crippen molar-refractivity contribution in [2.24, 2.45) is 10.8 Å². The van der Waals surface area contributed by atoms with Crippen molar-refractivity contribution in [3.05, 3.63) is 69.4 Å². The number of nitrogens with zero attached hydrogens (tertiary/aromatic N) is 3. The Hall–Kier alpha value is -2.26. The molecule has 2 N–H and O–H groups in total. The second kappa shape index (κ2) is 5.99. The van der Waals surface area contributed by atoms with E-state index in [1.165, 1.54) is 22.5 Å². The summed E-state index contributed by atoms with van der Waals surface area (Å²) in [5.74, 6) is -0.259. The van der Waals surface area contributed by atoms with E-state index < -0.39 is 0 Å². The molecule has 1 aliphatic heterocycles. The highest BCUT2D eigenvalue weighted by atomic mass is 127. The number of rotatable bonds is 2. The molecular formula is C17H11IN4OS. The van der Waals surface area contributed by atoms with E-state index in [-0.39, 0.29) is 5.91 Å². The van der Waals surface area contributed by atoms with Crippen LogP contribution in [0.4, 0.5) is 5.13 Å². The Kier molecular flexibility index (Phi) is 3.81.